The molecule has 1 heterocycles. The third-order valence-corrected chi connectivity index (χ3v) is 8.83. The molecule has 4 heteroatoms. The van der Waals surface area contributed by atoms with Crippen LogP contribution in [0.4, 0.5) is 0 Å². The molecular weight excluding hydrogens is 232 g/mol. The van der Waals surface area contributed by atoms with Crippen molar-refractivity contribution in [2.75, 3.05) is 7.11 Å². The Balaban J connectivity index is 2.11. The van der Waals surface area contributed by atoms with Gasteiger partial charge in [-0.3, -0.25) is 0 Å². The van der Waals surface area contributed by atoms with Crippen LogP contribution >= 0.6 is 0 Å². The maximum Gasteiger partial charge on any atom is 0.193 e. The van der Waals surface area contributed by atoms with Crippen molar-refractivity contribution in [2.45, 2.75) is 63.3 Å². The Morgan fingerprint density at radius 1 is 1.29 bits per heavy atom. The molecule has 0 aromatic rings. The van der Waals surface area contributed by atoms with Crippen LogP contribution in [0, 0.1) is 0 Å². The molecular formula is C13H24O3Si. The zero-order valence-corrected chi connectivity index (χ0v) is 12.7. The number of ether oxygens (including phenoxy) is 2. The van der Waals surface area contributed by atoms with Crippen LogP contribution in [0.2, 0.25) is 18.1 Å². The standard InChI is InChI=1S/C13H24O3Si/c1-8-9-12(15-9)11(14-5)10(8)16-17(6,7)13(2,3)4/h9-12H,1H2,2-7H3/t9-,10-,11+,12-/m0/s1. The summed E-state index contributed by atoms with van der Waals surface area (Å²) >= 11 is 0. The van der Waals surface area contributed by atoms with Crippen molar-refractivity contribution in [1.29, 1.82) is 0 Å². The van der Waals surface area contributed by atoms with Crippen LogP contribution < -0.4 is 0 Å². The van der Waals surface area contributed by atoms with Crippen LogP contribution in [-0.4, -0.2) is 39.8 Å². The quantitative estimate of drug-likeness (QED) is 0.442. The average molecular weight is 256 g/mol. The van der Waals surface area contributed by atoms with E-state index in [1.807, 2.05) is 0 Å². The molecule has 0 unspecified atom stereocenters. The average Bonchev–Trinajstić information content (AvgIpc) is 2.90. The van der Waals surface area contributed by atoms with Gasteiger partial charge in [0.25, 0.3) is 0 Å². The van der Waals surface area contributed by atoms with Gasteiger partial charge in [-0.1, -0.05) is 27.4 Å². The minimum absolute atomic E-state index is 0.0182. The summed E-state index contributed by atoms with van der Waals surface area (Å²) in [6, 6.07) is 0. The summed E-state index contributed by atoms with van der Waals surface area (Å²) in [5.41, 5.74) is 1.06. The monoisotopic (exact) mass is 256 g/mol. The van der Waals surface area contributed by atoms with Gasteiger partial charge in [0.05, 0.1) is 6.10 Å². The fourth-order valence-electron chi connectivity index (χ4n) is 2.11. The van der Waals surface area contributed by atoms with Gasteiger partial charge in [0, 0.05) is 7.11 Å². The molecule has 0 N–H and O–H groups in total. The molecule has 2 fully saturated rings. The van der Waals surface area contributed by atoms with Crippen LogP contribution in [0.1, 0.15) is 20.8 Å². The van der Waals surface area contributed by atoms with Crippen LogP contribution in [0.5, 0.6) is 0 Å². The first-order valence-corrected chi connectivity index (χ1v) is 9.14. The third kappa shape index (κ3) is 2.12. The summed E-state index contributed by atoms with van der Waals surface area (Å²) in [6.07, 6.45) is 0.406. The maximum absolute atomic E-state index is 6.41. The van der Waals surface area contributed by atoms with Gasteiger partial charge < -0.3 is 13.9 Å². The fraction of sp³-hybridized carbons (Fsp3) is 0.846. The minimum atomic E-state index is -1.78. The molecule has 3 nitrogen and oxygen atoms in total. The Morgan fingerprint density at radius 2 is 1.88 bits per heavy atom. The van der Waals surface area contributed by atoms with E-state index in [1.54, 1.807) is 7.11 Å². The fourth-order valence-corrected chi connectivity index (χ4v) is 3.39. The highest BCUT2D eigenvalue weighted by Crippen LogP contribution is 2.48. The molecule has 2 rings (SSSR count). The number of methoxy groups -OCH3 is 1. The van der Waals surface area contributed by atoms with Gasteiger partial charge in [0.2, 0.25) is 0 Å². The van der Waals surface area contributed by atoms with E-state index >= 15 is 0 Å². The number of hydrogen-bond donors (Lipinski definition) is 0. The molecule has 98 valence electrons. The van der Waals surface area contributed by atoms with Crippen molar-refractivity contribution >= 4 is 8.32 Å². The molecule has 1 saturated heterocycles. The molecule has 0 amide bonds. The van der Waals surface area contributed by atoms with E-state index in [-0.39, 0.29) is 29.5 Å². The second-order valence-corrected chi connectivity index (χ2v) is 11.4. The summed E-state index contributed by atoms with van der Waals surface area (Å²) in [7, 11) is -0.0490. The van der Waals surface area contributed by atoms with Crippen molar-refractivity contribution in [3.63, 3.8) is 0 Å². The first-order valence-electron chi connectivity index (χ1n) is 6.24. The molecule has 1 aliphatic carbocycles. The minimum Gasteiger partial charge on any atom is -0.407 e. The van der Waals surface area contributed by atoms with Gasteiger partial charge >= 0.3 is 0 Å². The lowest BCUT2D eigenvalue weighted by atomic mass is 10.2. The van der Waals surface area contributed by atoms with Crippen molar-refractivity contribution in [3.05, 3.63) is 12.2 Å². The highest BCUT2D eigenvalue weighted by molar-refractivity contribution is 6.74. The highest BCUT2D eigenvalue weighted by Gasteiger charge is 2.60. The van der Waals surface area contributed by atoms with Gasteiger partial charge in [-0.15, -0.1) is 0 Å². The van der Waals surface area contributed by atoms with E-state index in [2.05, 4.69) is 40.4 Å². The Morgan fingerprint density at radius 3 is 2.35 bits per heavy atom. The predicted octanol–water partition coefficient (Wildman–Crippen LogP) is 2.73. The van der Waals surface area contributed by atoms with E-state index in [1.165, 1.54) is 0 Å². The smallest absolute Gasteiger partial charge is 0.193 e. The SMILES string of the molecule is C=C1[C@@H]2O[C@@H]2[C@H](OC)[C@H]1O[Si](C)(C)C(C)(C)C. The van der Waals surface area contributed by atoms with Crippen LogP contribution in [-0.2, 0) is 13.9 Å². The summed E-state index contributed by atoms with van der Waals surface area (Å²) in [5.74, 6) is 0. The normalized spacial score (nSPS) is 37.2. The van der Waals surface area contributed by atoms with Gasteiger partial charge in [-0.25, -0.2) is 0 Å². The lowest BCUT2D eigenvalue weighted by molar-refractivity contribution is -0.00334. The van der Waals surface area contributed by atoms with Crippen molar-refractivity contribution < 1.29 is 13.9 Å². The number of fused-ring (bicyclic) bond motifs is 1. The first kappa shape index (κ1) is 13.3. The van der Waals surface area contributed by atoms with E-state index in [0.717, 1.165) is 5.57 Å². The Kier molecular flexibility index (Phi) is 3.06. The Hall–Kier alpha value is -0.163. The zero-order valence-electron chi connectivity index (χ0n) is 11.7. The number of epoxide rings is 1. The largest absolute Gasteiger partial charge is 0.407 e. The van der Waals surface area contributed by atoms with Crippen LogP contribution in [0.15, 0.2) is 12.2 Å². The van der Waals surface area contributed by atoms with Gasteiger partial charge in [-0.2, -0.15) is 0 Å². The second-order valence-electron chi connectivity index (χ2n) is 6.60. The third-order valence-electron chi connectivity index (χ3n) is 4.38. The molecule has 1 aliphatic heterocycles. The van der Waals surface area contributed by atoms with E-state index in [0.29, 0.717) is 0 Å². The lowest BCUT2D eigenvalue weighted by Gasteiger charge is -2.40. The van der Waals surface area contributed by atoms with Crippen molar-refractivity contribution in [1.82, 2.24) is 0 Å². The van der Waals surface area contributed by atoms with E-state index in [4.69, 9.17) is 13.9 Å². The summed E-state index contributed by atoms with van der Waals surface area (Å²) < 4.78 is 17.4. The number of hydrogen-bond acceptors (Lipinski definition) is 3. The molecule has 1 saturated carbocycles. The molecule has 2 aliphatic rings. The van der Waals surface area contributed by atoms with Gasteiger partial charge in [0.15, 0.2) is 8.32 Å². The molecule has 4 atom stereocenters. The molecule has 17 heavy (non-hydrogen) atoms. The number of rotatable bonds is 3. The Bertz CT molecular complexity index is 332. The van der Waals surface area contributed by atoms with Crippen molar-refractivity contribution in [2.24, 2.45) is 0 Å². The zero-order chi connectivity index (χ0) is 13.0. The molecule has 0 aromatic carbocycles. The lowest BCUT2D eigenvalue weighted by Crippen LogP contribution is -2.47. The molecule has 0 spiro atoms. The predicted molar refractivity (Wildman–Crippen MR) is 70.7 cm³/mol. The van der Waals surface area contributed by atoms with Crippen LogP contribution in [0.3, 0.4) is 0 Å². The summed E-state index contributed by atoms with van der Waals surface area (Å²) in [5, 5.41) is 0.208. The van der Waals surface area contributed by atoms with Gasteiger partial charge in [-0.05, 0) is 23.7 Å². The molecule has 0 bridgehead atoms. The highest BCUT2D eigenvalue weighted by atomic mass is 28.4. The molecule has 0 aromatic heterocycles. The topological polar surface area (TPSA) is 31.0 Å². The summed E-state index contributed by atoms with van der Waals surface area (Å²) in [6.45, 7) is 15.4. The Labute approximate surface area is 105 Å². The van der Waals surface area contributed by atoms with E-state index < -0.39 is 8.32 Å². The maximum atomic E-state index is 6.41. The van der Waals surface area contributed by atoms with Crippen LogP contribution in [0.25, 0.3) is 0 Å². The second kappa shape index (κ2) is 3.92. The first-order chi connectivity index (χ1) is 7.69. The van der Waals surface area contributed by atoms with Gasteiger partial charge in [0.1, 0.15) is 18.3 Å². The van der Waals surface area contributed by atoms with Crippen molar-refractivity contribution in [3.8, 4) is 0 Å². The van der Waals surface area contributed by atoms with E-state index in [9.17, 15) is 0 Å². The molecule has 0 radical (unpaired) electrons. The summed E-state index contributed by atoms with van der Waals surface area (Å²) in [4.78, 5) is 0.